The normalized spacial score (nSPS) is 12.0. The zero-order valence-corrected chi connectivity index (χ0v) is 13.1. The van der Waals surface area contributed by atoms with Gasteiger partial charge in [-0.25, -0.2) is 13.2 Å². The molecule has 0 aromatic heterocycles. The average Bonchev–Trinajstić information content (AvgIpc) is 2.48. The summed E-state index contributed by atoms with van der Waals surface area (Å²) in [6.07, 6.45) is -4.60. The van der Waals surface area contributed by atoms with Crippen molar-refractivity contribution in [3.05, 3.63) is 59.2 Å². The van der Waals surface area contributed by atoms with Crippen molar-refractivity contribution in [2.45, 2.75) is 18.0 Å². The van der Waals surface area contributed by atoms with E-state index in [1.54, 1.807) is 0 Å². The predicted molar refractivity (Wildman–Crippen MR) is 80.4 cm³/mol. The molecule has 0 aliphatic rings. The minimum atomic E-state index is -4.60. The molecule has 0 radical (unpaired) electrons. The first-order chi connectivity index (χ1) is 11.0. The highest BCUT2D eigenvalue weighted by molar-refractivity contribution is 7.92. The number of carboxylic acids is 1. The first kappa shape index (κ1) is 17.8. The van der Waals surface area contributed by atoms with E-state index < -0.39 is 27.7 Å². The van der Waals surface area contributed by atoms with E-state index in [2.05, 4.69) is 0 Å². The first-order valence-corrected chi connectivity index (χ1v) is 8.03. The molecule has 128 valence electrons. The summed E-state index contributed by atoms with van der Waals surface area (Å²) in [4.78, 5) is 10.5. The molecule has 0 aliphatic carbocycles. The lowest BCUT2D eigenvalue weighted by molar-refractivity contribution is -0.138. The maximum Gasteiger partial charge on any atom is 0.416 e. The van der Waals surface area contributed by atoms with Crippen LogP contribution in [0.4, 0.5) is 18.9 Å². The van der Waals surface area contributed by atoms with Crippen molar-refractivity contribution in [2.24, 2.45) is 0 Å². The van der Waals surface area contributed by atoms with Crippen LogP contribution in [-0.2, 0) is 16.2 Å². The smallest absolute Gasteiger partial charge is 0.416 e. The number of rotatable bonds is 4. The van der Waals surface area contributed by atoms with Gasteiger partial charge in [-0.15, -0.1) is 0 Å². The number of benzene rings is 2. The summed E-state index contributed by atoms with van der Waals surface area (Å²) in [5.74, 6) is -1.22. The Kier molecular flexibility index (Phi) is 4.57. The van der Waals surface area contributed by atoms with Crippen LogP contribution in [0.15, 0.2) is 47.4 Å². The first-order valence-electron chi connectivity index (χ1n) is 6.55. The van der Waals surface area contributed by atoms with E-state index >= 15 is 0 Å². The van der Waals surface area contributed by atoms with E-state index in [9.17, 15) is 26.4 Å². The molecule has 0 bridgehead atoms. The molecule has 0 aliphatic heterocycles. The molecule has 0 heterocycles. The topological polar surface area (TPSA) is 83.5 Å². The third-order valence-corrected chi connectivity index (χ3v) is 4.60. The monoisotopic (exact) mass is 359 g/mol. The maximum atomic E-state index is 12.9. The summed E-state index contributed by atoms with van der Waals surface area (Å²) in [5.41, 5.74) is -1.32. The van der Waals surface area contributed by atoms with Gasteiger partial charge in [0.25, 0.3) is 10.0 Å². The Hall–Kier alpha value is -2.55. The summed E-state index contributed by atoms with van der Waals surface area (Å²) in [6.45, 7) is 1.27. The predicted octanol–water partition coefficient (Wildman–Crippen LogP) is 3.51. The van der Waals surface area contributed by atoms with E-state index in [0.717, 1.165) is 30.3 Å². The molecule has 0 amide bonds. The molecule has 0 saturated heterocycles. The molecule has 24 heavy (non-hydrogen) atoms. The van der Waals surface area contributed by atoms with E-state index in [4.69, 9.17) is 5.11 Å². The van der Waals surface area contributed by atoms with Crippen molar-refractivity contribution in [2.75, 3.05) is 4.72 Å². The van der Waals surface area contributed by atoms with Gasteiger partial charge in [0.05, 0.1) is 16.0 Å². The molecule has 2 aromatic carbocycles. The lowest BCUT2D eigenvalue weighted by Crippen LogP contribution is -2.15. The molecule has 0 spiro atoms. The van der Waals surface area contributed by atoms with Gasteiger partial charge in [0.15, 0.2) is 0 Å². The van der Waals surface area contributed by atoms with Crippen LogP contribution in [-0.4, -0.2) is 19.5 Å². The van der Waals surface area contributed by atoms with E-state index in [-0.39, 0.29) is 21.7 Å². The number of hydrogen-bond donors (Lipinski definition) is 2. The Labute approximate surface area is 135 Å². The van der Waals surface area contributed by atoms with E-state index in [0.29, 0.717) is 6.07 Å². The van der Waals surface area contributed by atoms with Gasteiger partial charge in [0, 0.05) is 5.69 Å². The Balaban J connectivity index is 2.34. The van der Waals surface area contributed by atoms with Gasteiger partial charge in [-0.1, -0.05) is 6.07 Å². The fourth-order valence-electron chi connectivity index (χ4n) is 1.98. The second-order valence-corrected chi connectivity index (χ2v) is 6.64. The number of aryl methyl sites for hydroxylation is 1. The third-order valence-electron chi connectivity index (χ3n) is 3.21. The van der Waals surface area contributed by atoms with E-state index in [1.165, 1.54) is 13.0 Å². The van der Waals surface area contributed by atoms with Crippen molar-refractivity contribution in [1.82, 2.24) is 0 Å². The fraction of sp³-hybridized carbons (Fsp3) is 0.133. The Morgan fingerprint density at radius 2 is 1.67 bits per heavy atom. The minimum absolute atomic E-state index is 0.0312. The van der Waals surface area contributed by atoms with Crippen LogP contribution in [0.3, 0.4) is 0 Å². The van der Waals surface area contributed by atoms with Crippen molar-refractivity contribution < 1.29 is 31.5 Å². The summed E-state index contributed by atoms with van der Waals surface area (Å²) in [6, 6.07) is 7.39. The number of aromatic carboxylic acids is 1. The number of alkyl halides is 3. The van der Waals surface area contributed by atoms with Crippen LogP contribution in [0.2, 0.25) is 0 Å². The van der Waals surface area contributed by atoms with Crippen LogP contribution in [0, 0.1) is 6.92 Å². The van der Waals surface area contributed by atoms with Crippen LogP contribution >= 0.6 is 0 Å². The molecule has 2 N–H and O–H groups in total. The van der Waals surface area contributed by atoms with Crippen LogP contribution < -0.4 is 4.72 Å². The Morgan fingerprint density at radius 1 is 1.08 bits per heavy atom. The third kappa shape index (κ3) is 3.85. The SMILES string of the molecule is Cc1ccc(NS(=O)(=O)c2ccc(C(=O)O)cc2)cc1C(F)(F)F. The highest BCUT2D eigenvalue weighted by Crippen LogP contribution is 2.33. The van der Waals surface area contributed by atoms with Gasteiger partial charge in [0.2, 0.25) is 0 Å². The van der Waals surface area contributed by atoms with E-state index in [1.807, 2.05) is 4.72 Å². The maximum absolute atomic E-state index is 12.9. The molecule has 0 fully saturated rings. The molecule has 9 heteroatoms. The van der Waals surface area contributed by atoms with Crippen molar-refractivity contribution in [3.63, 3.8) is 0 Å². The second-order valence-electron chi connectivity index (χ2n) is 4.96. The summed E-state index contributed by atoms with van der Waals surface area (Å²) >= 11 is 0. The summed E-state index contributed by atoms with van der Waals surface area (Å²) < 4.78 is 65.0. The molecule has 2 rings (SSSR count). The quantitative estimate of drug-likeness (QED) is 0.875. The average molecular weight is 359 g/mol. The molecule has 0 unspecified atom stereocenters. The van der Waals surface area contributed by atoms with Crippen LogP contribution in [0.5, 0.6) is 0 Å². The number of carboxylic acid groups (broad SMARTS) is 1. The molecule has 0 saturated carbocycles. The highest BCUT2D eigenvalue weighted by atomic mass is 32.2. The number of nitrogens with one attached hydrogen (secondary N) is 1. The number of anilines is 1. The lowest BCUT2D eigenvalue weighted by Gasteiger charge is -2.13. The van der Waals surface area contributed by atoms with Gasteiger partial charge in [-0.2, -0.15) is 13.2 Å². The second kappa shape index (κ2) is 6.16. The number of hydrogen-bond acceptors (Lipinski definition) is 3. The van der Waals surface area contributed by atoms with Crippen LogP contribution in [0.25, 0.3) is 0 Å². The summed E-state index contributed by atoms with van der Waals surface area (Å²) in [5, 5.41) is 8.77. The zero-order chi connectivity index (χ0) is 18.1. The lowest BCUT2D eigenvalue weighted by atomic mass is 10.1. The standard InChI is InChI=1S/C15H12F3NO4S/c1-9-2-5-11(8-13(9)15(16,17)18)19-24(22,23)12-6-3-10(4-7-12)14(20)21/h2-8,19H,1H3,(H,20,21). The minimum Gasteiger partial charge on any atom is -0.478 e. The number of halogens is 3. The largest absolute Gasteiger partial charge is 0.478 e. The van der Waals surface area contributed by atoms with Crippen molar-refractivity contribution >= 4 is 21.7 Å². The van der Waals surface area contributed by atoms with Crippen LogP contribution in [0.1, 0.15) is 21.5 Å². The van der Waals surface area contributed by atoms with Crippen molar-refractivity contribution in [3.8, 4) is 0 Å². The molecular weight excluding hydrogens is 347 g/mol. The summed E-state index contributed by atoms with van der Waals surface area (Å²) in [7, 11) is -4.14. The van der Waals surface area contributed by atoms with Crippen molar-refractivity contribution in [1.29, 1.82) is 0 Å². The van der Waals surface area contributed by atoms with Gasteiger partial charge in [-0.05, 0) is 48.9 Å². The van der Waals surface area contributed by atoms with Gasteiger partial charge < -0.3 is 5.11 Å². The number of carbonyl (C=O) groups is 1. The zero-order valence-electron chi connectivity index (χ0n) is 12.3. The highest BCUT2D eigenvalue weighted by Gasteiger charge is 2.32. The molecule has 2 aromatic rings. The molecule has 5 nitrogen and oxygen atoms in total. The Morgan fingerprint density at radius 3 is 2.17 bits per heavy atom. The van der Waals surface area contributed by atoms with Gasteiger partial charge in [-0.3, -0.25) is 4.72 Å². The van der Waals surface area contributed by atoms with Gasteiger partial charge >= 0.3 is 12.1 Å². The van der Waals surface area contributed by atoms with Gasteiger partial charge in [0.1, 0.15) is 0 Å². The fourth-order valence-corrected chi connectivity index (χ4v) is 3.03. The number of sulfonamides is 1. The Bertz CT molecular complexity index is 875. The molecular formula is C15H12F3NO4S. The molecule has 0 atom stereocenters.